The number of ether oxygens (including phenoxy) is 2. The summed E-state index contributed by atoms with van der Waals surface area (Å²) >= 11 is 6.47. The van der Waals surface area contributed by atoms with Gasteiger partial charge in [-0.2, -0.15) is 0 Å². The topological polar surface area (TPSA) is 105 Å². The van der Waals surface area contributed by atoms with E-state index in [0.717, 1.165) is 42.0 Å². The molecule has 3 aromatic rings. The van der Waals surface area contributed by atoms with Crippen LogP contribution in [0.5, 0.6) is 11.5 Å². The number of hydrogen-bond acceptors (Lipinski definition) is 6. The average molecular weight is 642 g/mol. The maximum absolute atomic E-state index is 14.2. The Morgan fingerprint density at radius 1 is 0.955 bits per heavy atom. The summed E-state index contributed by atoms with van der Waals surface area (Å²) in [6.07, 6.45) is 5.00. The molecule has 11 heteroatoms. The van der Waals surface area contributed by atoms with E-state index in [1.54, 1.807) is 55.5 Å². The van der Waals surface area contributed by atoms with Crippen molar-refractivity contribution < 1.29 is 27.5 Å². The smallest absolute Gasteiger partial charge is 0.264 e. The quantitative estimate of drug-likeness (QED) is 0.271. The van der Waals surface area contributed by atoms with Gasteiger partial charge in [0.15, 0.2) is 11.5 Å². The Bertz CT molecular complexity index is 1560. The number of methoxy groups -OCH3 is 2. The third kappa shape index (κ3) is 7.84. The van der Waals surface area contributed by atoms with E-state index in [2.05, 4.69) is 5.32 Å². The van der Waals surface area contributed by atoms with Crippen molar-refractivity contribution in [2.75, 3.05) is 25.1 Å². The van der Waals surface area contributed by atoms with Gasteiger partial charge in [-0.1, -0.05) is 66.8 Å². The maximum Gasteiger partial charge on any atom is 0.264 e. The molecule has 1 atom stereocenters. The van der Waals surface area contributed by atoms with Gasteiger partial charge in [0.2, 0.25) is 11.8 Å². The minimum Gasteiger partial charge on any atom is -0.493 e. The first kappa shape index (κ1) is 33.1. The van der Waals surface area contributed by atoms with Crippen LogP contribution < -0.4 is 19.1 Å². The monoisotopic (exact) mass is 641 g/mol. The zero-order chi connectivity index (χ0) is 31.9. The summed E-state index contributed by atoms with van der Waals surface area (Å²) in [7, 11) is -1.30. The van der Waals surface area contributed by atoms with Gasteiger partial charge in [0.05, 0.1) is 24.8 Å². The van der Waals surface area contributed by atoms with Crippen molar-refractivity contribution in [1.29, 1.82) is 0 Å². The van der Waals surface area contributed by atoms with E-state index >= 15 is 0 Å². The highest BCUT2D eigenvalue weighted by atomic mass is 35.5. The summed E-state index contributed by atoms with van der Waals surface area (Å²) in [6, 6.07) is 17.3. The molecule has 4 rings (SSSR count). The fourth-order valence-corrected chi connectivity index (χ4v) is 6.91. The van der Waals surface area contributed by atoms with Gasteiger partial charge in [0.25, 0.3) is 10.0 Å². The highest BCUT2D eigenvalue weighted by molar-refractivity contribution is 7.92. The van der Waals surface area contributed by atoms with Crippen LogP contribution in [0.1, 0.15) is 50.2 Å². The Morgan fingerprint density at radius 2 is 1.61 bits per heavy atom. The van der Waals surface area contributed by atoms with Crippen molar-refractivity contribution in [1.82, 2.24) is 10.2 Å². The van der Waals surface area contributed by atoms with Crippen LogP contribution in [0.2, 0.25) is 5.02 Å². The molecule has 2 amide bonds. The maximum atomic E-state index is 14.2. The summed E-state index contributed by atoms with van der Waals surface area (Å²) in [5, 5.41) is 3.54. The molecular formula is C33H40ClN3O6S. The van der Waals surface area contributed by atoms with Crippen LogP contribution in [0.3, 0.4) is 0 Å². The largest absolute Gasteiger partial charge is 0.493 e. The van der Waals surface area contributed by atoms with Gasteiger partial charge in [0.1, 0.15) is 12.6 Å². The third-order valence-electron chi connectivity index (χ3n) is 7.96. The molecular weight excluding hydrogens is 602 g/mol. The van der Waals surface area contributed by atoms with E-state index in [1.165, 1.54) is 37.3 Å². The zero-order valence-electron chi connectivity index (χ0n) is 25.6. The number of hydrogen-bond donors (Lipinski definition) is 1. The first-order valence-electron chi connectivity index (χ1n) is 14.7. The number of carbonyl (C=O) groups excluding carboxylic acids is 2. The number of nitrogens with one attached hydrogen (secondary N) is 1. The molecule has 236 valence electrons. The lowest BCUT2D eigenvalue weighted by molar-refractivity contribution is -0.139. The van der Waals surface area contributed by atoms with E-state index in [9.17, 15) is 18.0 Å². The standard InChI is InChI=1S/C33H40ClN3O6S/c1-23-14-17-28(18-15-23)44(40,41)37(27-16-19-30(42-3)31(20-27)43-4)22-32(38)36(21-25-10-8-9-13-29(25)34)24(2)33(39)35-26-11-6-5-7-12-26/h8-10,13-20,24,26H,5-7,11-12,21-22H2,1-4H3,(H,35,39)/t24-/m1/s1. The molecule has 0 aromatic heterocycles. The molecule has 0 bridgehead atoms. The normalized spacial score (nSPS) is 14.4. The number of aryl methyl sites for hydroxylation is 1. The molecule has 1 saturated carbocycles. The van der Waals surface area contributed by atoms with Crippen molar-refractivity contribution in [3.63, 3.8) is 0 Å². The van der Waals surface area contributed by atoms with Crippen LogP contribution in [0.4, 0.5) is 5.69 Å². The molecule has 0 spiro atoms. The van der Waals surface area contributed by atoms with E-state index in [1.807, 2.05) is 6.92 Å². The molecule has 1 aliphatic carbocycles. The minimum atomic E-state index is -4.23. The number of benzene rings is 3. The summed E-state index contributed by atoms with van der Waals surface area (Å²) < 4.78 is 40.1. The molecule has 0 unspecified atom stereocenters. The first-order valence-corrected chi connectivity index (χ1v) is 16.5. The number of anilines is 1. The highest BCUT2D eigenvalue weighted by Gasteiger charge is 2.34. The van der Waals surface area contributed by atoms with Crippen LogP contribution >= 0.6 is 11.6 Å². The predicted molar refractivity (Wildman–Crippen MR) is 172 cm³/mol. The average Bonchev–Trinajstić information content (AvgIpc) is 3.03. The number of amides is 2. The van der Waals surface area contributed by atoms with Crippen molar-refractivity contribution in [2.45, 2.75) is 69.5 Å². The van der Waals surface area contributed by atoms with Crippen LogP contribution in [0.15, 0.2) is 71.6 Å². The van der Waals surface area contributed by atoms with Crippen LogP contribution in [-0.4, -0.2) is 58.0 Å². The van der Waals surface area contributed by atoms with Gasteiger partial charge >= 0.3 is 0 Å². The summed E-state index contributed by atoms with van der Waals surface area (Å²) in [4.78, 5) is 29.1. The molecule has 44 heavy (non-hydrogen) atoms. The molecule has 0 saturated heterocycles. The molecule has 1 N–H and O–H groups in total. The van der Waals surface area contributed by atoms with Crippen LogP contribution in [0.25, 0.3) is 0 Å². The van der Waals surface area contributed by atoms with Gasteiger partial charge < -0.3 is 19.7 Å². The Balaban J connectivity index is 1.73. The van der Waals surface area contributed by atoms with Crippen LogP contribution in [0, 0.1) is 6.92 Å². The Morgan fingerprint density at radius 3 is 2.25 bits per heavy atom. The Labute approximate surface area is 265 Å². The molecule has 9 nitrogen and oxygen atoms in total. The fraction of sp³-hybridized carbons (Fsp3) is 0.394. The molecule has 1 fully saturated rings. The molecule has 0 heterocycles. The van der Waals surface area contributed by atoms with E-state index in [4.69, 9.17) is 21.1 Å². The first-order chi connectivity index (χ1) is 21.0. The lowest BCUT2D eigenvalue weighted by Gasteiger charge is -2.33. The lowest BCUT2D eigenvalue weighted by atomic mass is 9.95. The predicted octanol–water partition coefficient (Wildman–Crippen LogP) is 5.73. The fourth-order valence-electron chi connectivity index (χ4n) is 5.31. The van der Waals surface area contributed by atoms with Crippen molar-refractivity contribution in [3.05, 3.63) is 82.9 Å². The SMILES string of the molecule is COc1ccc(N(CC(=O)N(Cc2ccccc2Cl)[C@H](C)C(=O)NC2CCCCC2)S(=O)(=O)c2ccc(C)cc2)cc1OC. The molecule has 3 aromatic carbocycles. The third-order valence-corrected chi connectivity index (χ3v) is 10.1. The molecule has 0 aliphatic heterocycles. The van der Waals surface area contributed by atoms with Crippen molar-refractivity contribution in [3.8, 4) is 11.5 Å². The summed E-state index contributed by atoms with van der Waals surface area (Å²) in [5.41, 5.74) is 1.73. The lowest BCUT2D eigenvalue weighted by Crippen LogP contribution is -2.53. The van der Waals surface area contributed by atoms with Gasteiger partial charge in [-0.15, -0.1) is 0 Å². The number of halogens is 1. The highest BCUT2D eigenvalue weighted by Crippen LogP contribution is 2.34. The van der Waals surface area contributed by atoms with Gasteiger partial charge in [-0.3, -0.25) is 13.9 Å². The van der Waals surface area contributed by atoms with Gasteiger partial charge in [-0.05, 0) is 62.6 Å². The second kappa shape index (κ2) is 14.8. The number of sulfonamides is 1. The Kier molecular flexibility index (Phi) is 11.2. The minimum absolute atomic E-state index is 0.0160. The molecule has 1 aliphatic rings. The van der Waals surface area contributed by atoms with E-state index in [0.29, 0.717) is 22.1 Å². The summed E-state index contributed by atoms with van der Waals surface area (Å²) in [6.45, 7) is 2.96. The van der Waals surface area contributed by atoms with Gasteiger partial charge in [-0.25, -0.2) is 8.42 Å². The molecule has 0 radical (unpaired) electrons. The van der Waals surface area contributed by atoms with Crippen molar-refractivity contribution >= 4 is 39.1 Å². The van der Waals surface area contributed by atoms with Crippen LogP contribution in [-0.2, 0) is 26.2 Å². The Hall–Kier alpha value is -3.76. The summed E-state index contributed by atoms with van der Waals surface area (Å²) in [5.74, 6) is -0.156. The second-order valence-corrected chi connectivity index (χ2v) is 13.3. The number of rotatable bonds is 12. The van der Waals surface area contributed by atoms with E-state index < -0.39 is 28.5 Å². The van der Waals surface area contributed by atoms with Crippen molar-refractivity contribution in [2.24, 2.45) is 0 Å². The van der Waals surface area contributed by atoms with E-state index in [-0.39, 0.29) is 29.1 Å². The second-order valence-electron chi connectivity index (χ2n) is 11.0. The zero-order valence-corrected chi connectivity index (χ0v) is 27.2. The van der Waals surface area contributed by atoms with Gasteiger partial charge in [0, 0.05) is 23.7 Å². The number of carbonyl (C=O) groups is 2. The number of nitrogens with zero attached hydrogens (tertiary/aromatic N) is 2.